The van der Waals surface area contributed by atoms with Crippen molar-refractivity contribution in [3.05, 3.63) is 45.5 Å². The highest BCUT2D eigenvalue weighted by molar-refractivity contribution is 6.01. The van der Waals surface area contributed by atoms with Gasteiger partial charge >= 0.3 is 0 Å². The Hall–Kier alpha value is -2.68. The van der Waals surface area contributed by atoms with Crippen LogP contribution < -0.4 is 5.32 Å². The lowest BCUT2D eigenvalue weighted by Gasteiger charge is -2.22. The van der Waals surface area contributed by atoms with Crippen LogP contribution in [0.5, 0.6) is 0 Å². The standard InChI is InChI=1S/C16H17N3O3/c17-11-13(16(20)18-14-6-2-1-3-7-14)9-12-5-4-8-15(10-12)19(21)22/h4-5,8-10,14H,1-3,6-7H2,(H,18,20). The van der Waals surface area contributed by atoms with Crippen molar-refractivity contribution >= 4 is 17.7 Å². The van der Waals surface area contributed by atoms with Crippen LogP contribution in [0.15, 0.2) is 29.8 Å². The Morgan fingerprint density at radius 3 is 2.73 bits per heavy atom. The molecule has 0 radical (unpaired) electrons. The number of nitrogens with zero attached hydrogens (tertiary/aromatic N) is 2. The molecule has 114 valence electrons. The van der Waals surface area contributed by atoms with E-state index < -0.39 is 10.8 Å². The van der Waals surface area contributed by atoms with E-state index in [0.29, 0.717) is 5.56 Å². The summed E-state index contributed by atoms with van der Waals surface area (Å²) in [6.45, 7) is 0. The molecule has 0 saturated heterocycles. The fourth-order valence-electron chi connectivity index (χ4n) is 2.55. The lowest BCUT2D eigenvalue weighted by molar-refractivity contribution is -0.384. The van der Waals surface area contributed by atoms with Gasteiger partial charge in [0, 0.05) is 18.2 Å². The first kappa shape index (κ1) is 15.7. The topological polar surface area (TPSA) is 96.0 Å². The molecular weight excluding hydrogens is 282 g/mol. The van der Waals surface area contributed by atoms with Crippen molar-refractivity contribution in [1.29, 1.82) is 5.26 Å². The zero-order valence-electron chi connectivity index (χ0n) is 12.1. The molecule has 1 N–H and O–H groups in total. The van der Waals surface area contributed by atoms with Crippen LogP contribution in [-0.4, -0.2) is 16.9 Å². The first-order valence-corrected chi connectivity index (χ1v) is 7.27. The van der Waals surface area contributed by atoms with Gasteiger partial charge in [-0.25, -0.2) is 0 Å². The van der Waals surface area contributed by atoms with Gasteiger partial charge in [0.05, 0.1) is 4.92 Å². The van der Waals surface area contributed by atoms with Crippen LogP contribution in [0, 0.1) is 21.4 Å². The largest absolute Gasteiger partial charge is 0.349 e. The smallest absolute Gasteiger partial charge is 0.270 e. The Bertz CT molecular complexity index is 640. The molecule has 0 aromatic heterocycles. The second kappa shape index (κ2) is 7.36. The Labute approximate surface area is 128 Å². The average Bonchev–Trinajstić information content (AvgIpc) is 2.53. The first-order chi connectivity index (χ1) is 10.6. The minimum absolute atomic E-state index is 0.0360. The van der Waals surface area contributed by atoms with E-state index in [9.17, 15) is 14.9 Å². The molecule has 1 amide bonds. The number of nitro benzene ring substituents is 1. The normalized spacial score (nSPS) is 15.9. The number of nitriles is 1. The van der Waals surface area contributed by atoms with Gasteiger partial charge in [0.2, 0.25) is 0 Å². The molecule has 0 atom stereocenters. The van der Waals surface area contributed by atoms with E-state index in [-0.39, 0.29) is 17.3 Å². The van der Waals surface area contributed by atoms with Gasteiger partial charge in [-0.15, -0.1) is 0 Å². The molecule has 1 aromatic carbocycles. The number of carbonyl (C=O) groups is 1. The van der Waals surface area contributed by atoms with E-state index in [2.05, 4.69) is 5.32 Å². The van der Waals surface area contributed by atoms with Gasteiger partial charge in [0.1, 0.15) is 11.6 Å². The monoisotopic (exact) mass is 299 g/mol. The van der Waals surface area contributed by atoms with Crippen molar-refractivity contribution < 1.29 is 9.72 Å². The zero-order valence-corrected chi connectivity index (χ0v) is 12.1. The molecule has 1 aliphatic carbocycles. The molecule has 1 saturated carbocycles. The van der Waals surface area contributed by atoms with Crippen LogP contribution >= 0.6 is 0 Å². The third-order valence-electron chi connectivity index (χ3n) is 3.70. The van der Waals surface area contributed by atoms with Crippen molar-refractivity contribution in [1.82, 2.24) is 5.32 Å². The Morgan fingerprint density at radius 1 is 1.36 bits per heavy atom. The maximum absolute atomic E-state index is 12.1. The van der Waals surface area contributed by atoms with Crippen molar-refractivity contribution in [2.45, 2.75) is 38.1 Å². The average molecular weight is 299 g/mol. The third-order valence-corrected chi connectivity index (χ3v) is 3.70. The van der Waals surface area contributed by atoms with Gasteiger partial charge in [0.15, 0.2) is 0 Å². The third kappa shape index (κ3) is 4.16. The van der Waals surface area contributed by atoms with Crippen LogP contribution in [0.4, 0.5) is 5.69 Å². The van der Waals surface area contributed by atoms with Crippen molar-refractivity contribution in [2.24, 2.45) is 0 Å². The Balaban J connectivity index is 2.12. The highest BCUT2D eigenvalue weighted by atomic mass is 16.6. The van der Waals surface area contributed by atoms with E-state index in [0.717, 1.165) is 25.7 Å². The fourth-order valence-corrected chi connectivity index (χ4v) is 2.55. The number of amides is 1. The maximum atomic E-state index is 12.1. The first-order valence-electron chi connectivity index (χ1n) is 7.27. The number of non-ortho nitro benzene ring substituents is 1. The van der Waals surface area contributed by atoms with Crippen molar-refractivity contribution in [3.8, 4) is 6.07 Å². The van der Waals surface area contributed by atoms with Gasteiger partial charge in [-0.05, 0) is 24.5 Å². The fraction of sp³-hybridized carbons (Fsp3) is 0.375. The molecule has 22 heavy (non-hydrogen) atoms. The van der Waals surface area contributed by atoms with E-state index in [1.165, 1.54) is 30.7 Å². The van der Waals surface area contributed by atoms with E-state index in [4.69, 9.17) is 5.26 Å². The Kier molecular flexibility index (Phi) is 5.26. The minimum Gasteiger partial charge on any atom is -0.349 e. The number of benzene rings is 1. The lowest BCUT2D eigenvalue weighted by Crippen LogP contribution is -2.36. The van der Waals surface area contributed by atoms with E-state index in [1.807, 2.05) is 6.07 Å². The van der Waals surface area contributed by atoms with Crippen LogP contribution in [-0.2, 0) is 4.79 Å². The molecule has 0 bridgehead atoms. The summed E-state index contributed by atoms with van der Waals surface area (Å²) in [6, 6.07) is 7.84. The molecule has 0 aliphatic heterocycles. The summed E-state index contributed by atoms with van der Waals surface area (Å²) < 4.78 is 0. The molecular formula is C16H17N3O3. The maximum Gasteiger partial charge on any atom is 0.270 e. The predicted octanol–water partition coefficient (Wildman–Crippen LogP) is 2.95. The number of nitrogens with one attached hydrogen (secondary N) is 1. The SMILES string of the molecule is N#CC(=Cc1cccc([N+](=O)[O-])c1)C(=O)NC1CCCCC1. The van der Waals surface area contributed by atoms with E-state index in [1.54, 1.807) is 6.07 Å². The van der Waals surface area contributed by atoms with Crippen LogP contribution in [0.3, 0.4) is 0 Å². The summed E-state index contributed by atoms with van der Waals surface area (Å²) >= 11 is 0. The summed E-state index contributed by atoms with van der Waals surface area (Å²) in [4.78, 5) is 22.4. The number of nitro groups is 1. The molecule has 1 fully saturated rings. The number of hydrogen-bond donors (Lipinski definition) is 1. The summed E-state index contributed by atoms with van der Waals surface area (Å²) in [5, 5.41) is 22.8. The zero-order chi connectivity index (χ0) is 15.9. The van der Waals surface area contributed by atoms with Crippen molar-refractivity contribution in [3.63, 3.8) is 0 Å². The molecule has 2 rings (SSSR count). The van der Waals surface area contributed by atoms with Crippen molar-refractivity contribution in [2.75, 3.05) is 0 Å². The summed E-state index contributed by atoms with van der Waals surface area (Å²) in [5.41, 5.74) is 0.356. The minimum atomic E-state index is -0.508. The highest BCUT2D eigenvalue weighted by Gasteiger charge is 2.18. The van der Waals surface area contributed by atoms with Gasteiger partial charge in [0.25, 0.3) is 11.6 Å². The predicted molar refractivity (Wildman–Crippen MR) is 81.7 cm³/mol. The Morgan fingerprint density at radius 2 is 2.09 bits per heavy atom. The second-order valence-electron chi connectivity index (χ2n) is 5.33. The van der Waals surface area contributed by atoms with Gasteiger partial charge in [-0.1, -0.05) is 31.4 Å². The van der Waals surface area contributed by atoms with E-state index >= 15 is 0 Å². The molecule has 6 heteroatoms. The molecule has 0 heterocycles. The summed E-state index contributed by atoms with van der Waals surface area (Å²) in [5.74, 6) is -0.416. The number of hydrogen-bond acceptors (Lipinski definition) is 4. The van der Waals surface area contributed by atoms with Gasteiger partial charge < -0.3 is 5.32 Å². The number of rotatable bonds is 4. The molecule has 1 aromatic rings. The highest BCUT2D eigenvalue weighted by Crippen LogP contribution is 2.19. The molecule has 0 spiro atoms. The van der Waals surface area contributed by atoms with Crippen LogP contribution in [0.2, 0.25) is 0 Å². The molecule has 1 aliphatic rings. The lowest BCUT2D eigenvalue weighted by atomic mass is 9.95. The van der Waals surface area contributed by atoms with Crippen LogP contribution in [0.25, 0.3) is 6.08 Å². The van der Waals surface area contributed by atoms with Crippen LogP contribution in [0.1, 0.15) is 37.7 Å². The number of carbonyl (C=O) groups excluding carboxylic acids is 1. The quantitative estimate of drug-likeness (QED) is 0.400. The van der Waals surface area contributed by atoms with Gasteiger partial charge in [-0.3, -0.25) is 14.9 Å². The molecule has 6 nitrogen and oxygen atoms in total. The molecule has 0 unspecified atom stereocenters. The van der Waals surface area contributed by atoms with Gasteiger partial charge in [-0.2, -0.15) is 5.26 Å². The second-order valence-corrected chi connectivity index (χ2v) is 5.33. The summed E-state index contributed by atoms with van der Waals surface area (Å²) in [6.07, 6.45) is 6.59. The summed E-state index contributed by atoms with van der Waals surface area (Å²) in [7, 11) is 0.